The van der Waals surface area contributed by atoms with E-state index in [1.807, 2.05) is 24.4 Å². The molecule has 0 spiro atoms. The van der Waals surface area contributed by atoms with Crippen LogP contribution < -0.4 is 5.32 Å². The number of rotatable bonds is 4. The summed E-state index contributed by atoms with van der Waals surface area (Å²) in [6, 6.07) is 8.11. The normalized spacial score (nSPS) is 12.6. The van der Waals surface area contributed by atoms with Gasteiger partial charge in [-0.25, -0.2) is 0 Å². The number of aryl methyl sites for hydroxylation is 1. The summed E-state index contributed by atoms with van der Waals surface area (Å²) < 4.78 is 5.33. The lowest BCUT2D eigenvalue weighted by Crippen LogP contribution is -2.18. The van der Waals surface area contributed by atoms with Crippen LogP contribution in [0.3, 0.4) is 0 Å². The molecule has 1 atom stereocenters. The Bertz CT molecular complexity index is 437. The highest BCUT2D eigenvalue weighted by atomic mass is 16.3. The standard InChI is InChI=1S/C13H16N2O/c1-10-5-3-7-14-12(10)9-15-11(2)13-6-4-8-16-13/h3-8,11,15H,9H2,1-2H3. The van der Waals surface area contributed by atoms with Crippen LogP contribution in [0.4, 0.5) is 0 Å². The predicted molar refractivity (Wildman–Crippen MR) is 62.9 cm³/mol. The van der Waals surface area contributed by atoms with Crippen molar-refractivity contribution in [2.24, 2.45) is 0 Å². The molecule has 0 radical (unpaired) electrons. The van der Waals surface area contributed by atoms with Gasteiger partial charge in [-0.05, 0) is 37.6 Å². The van der Waals surface area contributed by atoms with E-state index in [0.29, 0.717) is 0 Å². The van der Waals surface area contributed by atoms with E-state index >= 15 is 0 Å². The van der Waals surface area contributed by atoms with Gasteiger partial charge in [0.15, 0.2) is 0 Å². The highest BCUT2D eigenvalue weighted by Gasteiger charge is 2.08. The largest absolute Gasteiger partial charge is 0.468 e. The second kappa shape index (κ2) is 4.94. The minimum absolute atomic E-state index is 0.205. The summed E-state index contributed by atoms with van der Waals surface area (Å²) in [6.07, 6.45) is 3.51. The Morgan fingerprint density at radius 2 is 2.25 bits per heavy atom. The maximum absolute atomic E-state index is 5.33. The molecule has 2 aromatic heterocycles. The third-order valence-corrected chi connectivity index (χ3v) is 2.66. The summed E-state index contributed by atoms with van der Waals surface area (Å²) in [5.74, 6) is 0.952. The van der Waals surface area contributed by atoms with Gasteiger partial charge in [-0.1, -0.05) is 6.07 Å². The summed E-state index contributed by atoms with van der Waals surface area (Å²) in [4.78, 5) is 4.34. The molecule has 3 heteroatoms. The molecule has 0 fully saturated rings. The minimum atomic E-state index is 0.205. The molecule has 2 rings (SSSR count). The van der Waals surface area contributed by atoms with Gasteiger partial charge in [-0.3, -0.25) is 4.98 Å². The van der Waals surface area contributed by atoms with Crippen LogP contribution in [0.15, 0.2) is 41.1 Å². The second-order valence-electron chi connectivity index (χ2n) is 3.89. The third-order valence-electron chi connectivity index (χ3n) is 2.66. The molecule has 0 aliphatic heterocycles. The SMILES string of the molecule is Cc1cccnc1CNC(C)c1ccco1. The first-order valence-electron chi connectivity index (χ1n) is 5.44. The van der Waals surface area contributed by atoms with E-state index in [-0.39, 0.29) is 6.04 Å². The quantitative estimate of drug-likeness (QED) is 0.854. The molecule has 16 heavy (non-hydrogen) atoms. The van der Waals surface area contributed by atoms with Crippen molar-refractivity contribution in [3.63, 3.8) is 0 Å². The maximum atomic E-state index is 5.33. The van der Waals surface area contributed by atoms with Crippen LogP contribution in [-0.2, 0) is 6.54 Å². The Labute approximate surface area is 95.5 Å². The first-order chi connectivity index (χ1) is 7.77. The number of hydrogen-bond donors (Lipinski definition) is 1. The van der Waals surface area contributed by atoms with Crippen molar-refractivity contribution in [3.05, 3.63) is 53.7 Å². The number of aromatic nitrogens is 1. The van der Waals surface area contributed by atoms with Gasteiger partial charge >= 0.3 is 0 Å². The molecule has 0 aliphatic rings. The van der Waals surface area contributed by atoms with E-state index in [1.165, 1.54) is 5.56 Å². The summed E-state index contributed by atoms with van der Waals surface area (Å²) in [6.45, 7) is 4.91. The topological polar surface area (TPSA) is 38.1 Å². The van der Waals surface area contributed by atoms with Gasteiger partial charge in [0.05, 0.1) is 18.0 Å². The molecule has 0 aromatic carbocycles. The fourth-order valence-corrected chi connectivity index (χ4v) is 1.59. The molecule has 0 amide bonds. The highest BCUT2D eigenvalue weighted by Crippen LogP contribution is 2.13. The molecule has 2 aromatic rings. The van der Waals surface area contributed by atoms with Gasteiger partial charge < -0.3 is 9.73 Å². The van der Waals surface area contributed by atoms with E-state index < -0.39 is 0 Å². The number of nitrogens with zero attached hydrogens (tertiary/aromatic N) is 1. The Kier molecular flexibility index (Phi) is 3.37. The molecule has 2 heterocycles. The van der Waals surface area contributed by atoms with Crippen molar-refractivity contribution in [1.82, 2.24) is 10.3 Å². The average Bonchev–Trinajstić information content (AvgIpc) is 2.81. The predicted octanol–water partition coefficient (Wildman–Crippen LogP) is 2.83. The first kappa shape index (κ1) is 10.9. The van der Waals surface area contributed by atoms with E-state index in [1.54, 1.807) is 6.26 Å². The molecule has 84 valence electrons. The van der Waals surface area contributed by atoms with Crippen molar-refractivity contribution in [3.8, 4) is 0 Å². The zero-order valence-electron chi connectivity index (χ0n) is 9.60. The second-order valence-corrected chi connectivity index (χ2v) is 3.89. The van der Waals surface area contributed by atoms with E-state index in [0.717, 1.165) is 18.0 Å². The molecule has 1 unspecified atom stereocenters. The van der Waals surface area contributed by atoms with Crippen LogP contribution in [0.5, 0.6) is 0 Å². The summed E-state index contributed by atoms with van der Waals surface area (Å²) in [5.41, 5.74) is 2.29. The zero-order valence-corrected chi connectivity index (χ0v) is 9.60. The average molecular weight is 216 g/mol. The number of pyridine rings is 1. The van der Waals surface area contributed by atoms with Crippen LogP contribution in [0.1, 0.15) is 30.0 Å². The Hall–Kier alpha value is -1.61. The summed E-state index contributed by atoms with van der Waals surface area (Å²) >= 11 is 0. The lowest BCUT2D eigenvalue weighted by molar-refractivity contribution is 0.428. The summed E-state index contributed by atoms with van der Waals surface area (Å²) in [7, 11) is 0. The van der Waals surface area contributed by atoms with Crippen molar-refractivity contribution in [2.75, 3.05) is 0 Å². The minimum Gasteiger partial charge on any atom is -0.468 e. The third kappa shape index (κ3) is 2.49. The molecule has 1 N–H and O–H groups in total. The Morgan fingerprint density at radius 1 is 1.38 bits per heavy atom. The first-order valence-corrected chi connectivity index (χ1v) is 5.44. The van der Waals surface area contributed by atoms with Crippen LogP contribution in [0.2, 0.25) is 0 Å². The number of nitrogens with one attached hydrogen (secondary N) is 1. The Morgan fingerprint density at radius 3 is 2.94 bits per heavy atom. The molecule has 0 saturated carbocycles. The van der Waals surface area contributed by atoms with Crippen LogP contribution >= 0.6 is 0 Å². The van der Waals surface area contributed by atoms with Crippen LogP contribution in [-0.4, -0.2) is 4.98 Å². The smallest absolute Gasteiger partial charge is 0.120 e. The van der Waals surface area contributed by atoms with Crippen molar-refractivity contribution in [2.45, 2.75) is 26.4 Å². The van der Waals surface area contributed by atoms with Gasteiger partial charge in [0.1, 0.15) is 5.76 Å². The molecule has 0 bridgehead atoms. The number of furan rings is 1. The van der Waals surface area contributed by atoms with Gasteiger partial charge in [0, 0.05) is 12.7 Å². The van der Waals surface area contributed by atoms with Gasteiger partial charge in [-0.2, -0.15) is 0 Å². The Balaban J connectivity index is 1.95. The molecular formula is C13H16N2O. The lowest BCUT2D eigenvalue weighted by atomic mass is 10.2. The zero-order chi connectivity index (χ0) is 11.4. The van der Waals surface area contributed by atoms with E-state index in [9.17, 15) is 0 Å². The molecule has 3 nitrogen and oxygen atoms in total. The fraction of sp³-hybridized carbons (Fsp3) is 0.308. The van der Waals surface area contributed by atoms with E-state index in [2.05, 4.69) is 30.2 Å². The van der Waals surface area contributed by atoms with Crippen LogP contribution in [0, 0.1) is 6.92 Å². The van der Waals surface area contributed by atoms with Gasteiger partial charge in [0.25, 0.3) is 0 Å². The van der Waals surface area contributed by atoms with Crippen LogP contribution in [0.25, 0.3) is 0 Å². The fourth-order valence-electron chi connectivity index (χ4n) is 1.59. The lowest BCUT2D eigenvalue weighted by Gasteiger charge is -2.11. The monoisotopic (exact) mass is 216 g/mol. The molecule has 0 aliphatic carbocycles. The molecule has 0 saturated heterocycles. The van der Waals surface area contributed by atoms with Gasteiger partial charge in [0.2, 0.25) is 0 Å². The van der Waals surface area contributed by atoms with Crippen molar-refractivity contribution in [1.29, 1.82) is 0 Å². The summed E-state index contributed by atoms with van der Waals surface area (Å²) in [5, 5.41) is 3.39. The molecular weight excluding hydrogens is 200 g/mol. The maximum Gasteiger partial charge on any atom is 0.120 e. The van der Waals surface area contributed by atoms with Crippen molar-refractivity contribution < 1.29 is 4.42 Å². The van der Waals surface area contributed by atoms with Crippen molar-refractivity contribution >= 4 is 0 Å². The van der Waals surface area contributed by atoms with E-state index in [4.69, 9.17) is 4.42 Å². The van der Waals surface area contributed by atoms with Gasteiger partial charge in [-0.15, -0.1) is 0 Å². The number of hydrogen-bond acceptors (Lipinski definition) is 3. The highest BCUT2D eigenvalue weighted by molar-refractivity contribution is 5.17.